The number of hydrogen-bond acceptors (Lipinski definition) is 5. The predicted molar refractivity (Wildman–Crippen MR) is 141 cm³/mol. The van der Waals surface area contributed by atoms with Crippen molar-refractivity contribution >= 4 is 28.5 Å². The van der Waals surface area contributed by atoms with Gasteiger partial charge in [0.15, 0.2) is 0 Å². The molecule has 1 atom stereocenters. The molecule has 0 fully saturated rings. The quantitative estimate of drug-likeness (QED) is 0.323. The SMILES string of the molecule is CCN(CC)CCCOc1cnc2[nH]cc(Cc3ccc(NCC4C=CC(Cl)=CC4)nc3)c2c1. The molecule has 0 saturated carbocycles. The Hall–Kier alpha value is -2.83. The number of allylic oxidation sites excluding steroid dienone is 3. The number of nitrogens with one attached hydrogen (secondary N) is 2. The Balaban J connectivity index is 1.31. The van der Waals surface area contributed by atoms with E-state index in [1.807, 2.05) is 24.5 Å². The van der Waals surface area contributed by atoms with E-state index in [0.717, 1.165) is 78.6 Å². The number of aromatic nitrogens is 3. The highest BCUT2D eigenvalue weighted by Gasteiger charge is 2.10. The van der Waals surface area contributed by atoms with Crippen LogP contribution in [-0.2, 0) is 6.42 Å². The van der Waals surface area contributed by atoms with E-state index in [2.05, 4.69) is 63.3 Å². The minimum absolute atomic E-state index is 0.441. The normalized spacial score (nSPS) is 15.6. The Morgan fingerprint density at radius 1 is 1.21 bits per heavy atom. The van der Waals surface area contributed by atoms with E-state index in [4.69, 9.17) is 16.3 Å². The number of halogens is 1. The van der Waals surface area contributed by atoms with Crippen LogP contribution in [0, 0.1) is 5.92 Å². The van der Waals surface area contributed by atoms with Crippen molar-refractivity contribution in [3.05, 3.63) is 71.2 Å². The second-order valence-electron chi connectivity index (χ2n) is 8.66. The maximum atomic E-state index is 6.00. The summed E-state index contributed by atoms with van der Waals surface area (Å²) in [5, 5.41) is 5.34. The topological polar surface area (TPSA) is 66.1 Å². The van der Waals surface area contributed by atoms with Crippen LogP contribution in [0.25, 0.3) is 11.0 Å². The van der Waals surface area contributed by atoms with Crippen molar-refractivity contribution in [2.24, 2.45) is 5.92 Å². The fourth-order valence-corrected chi connectivity index (χ4v) is 4.32. The first-order chi connectivity index (χ1) is 16.6. The van der Waals surface area contributed by atoms with Gasteiger partial charge >= 0.3 is 0 Å². The lowest BCUT2D eigenvalue weighted by Gasteiger charge is -2.17. The smallest absolute Gasteiger partial charge is 0.138 e. The molecule has 2 N–H and O–H groups in total. The van der Waals surface area contributed by atoms with E-state index in [9.17, 15) is 0 Å². The first-order valence-electron chi connectivity index (χ1n) is 12.2. The van der Waals surface area contributed by atoms with Crippen LogP contribution in [-0.4, -0.2) is 52.6 Å². The van der Waals surface area contributed by atoms with Crippen LogP contribution in [0.4, 0.5) is 5.82 Å². The number of anilines is 1. The molecule has 7 heteroatoms. The van der Waals surface area contributed by atoms with Crippen LogP contribution in [0.15, 0.2) is 60.0 Å². The zero-order valence-corrected chi connectivity index (χ0v) is 20.8. The van der Waals surface area contributed by atoms with Crippen molar-refractivity contribution in [2.45, 2.75) is 33.1 Å². The van der Waals surface area contributed by atoms with Crippen molar-refractivity contribution in [3.63, 3.8) is 0 Å². The van der Waals surface area contributed by atoms with Gasteiger partial charge in [-0.2, -0.15) is 0 Å². The summed E-state index contributed by atoms with van der Waals surface area (Å²) in [7, 11) is 0. The Kier molecular flexibility index (Phi) is 8.61. The Bertz CT molecular complexity index is 1120. The van der Waals surface area contributed by atoms with E-state index < -0.39 is 0 Å². The van der Waals surface area contributed by atoms with Crippen LogP contribution >= 0.6 is 11.6 Å². The molecule has 4 rings (SSSR count). The number of nitrogens with zero attached hydrogens (tertiary/aromatic N) is 3. The average Bonchev–Trinajstić information content (AvgIpc) is 3.26. The largest absolute Gasteiger partial charge is 0.492 e. The Morgan fingerprint density at radius 3 is 2.82 bits per heavy atom. The third-order valence-electron chi connectivity index (χ3n) is 6.28. The second kappa shape index (κ2) is 12.0. The Morgan fingerprint density at radius 2 is 2.09 bits per heavy atom. The van der Waals surface area contributed by atoms with E-state index in [1.54, 1.807) is 6.20 Å². The molecule has 0 saturated heterocycles. The monoisotopic (exact) mass is 479 g/mol. The highest BCUT2D eigenvalue weighted by molar-refractivity contribution is 6.31. The third kappa shape index (κ3) is 6.61. The zero-order valence-electron chi connectivity index (χ0n) is 20.1. The minimum Gasteiger partial charge on any atom is -0.492 e. The molecule has 0 aliphatic heterocycles. The summed E-state index contributed by atoms with van der Waals surface area (Å²) in [6.45, 7) is 9.13. The zero-order chi connectivity index (χ0) is 23.8. The van der Waals surface area contributed by atoms with Crippen LogP contribution in [0.1, 0.15) is 37.8 Å². The summed E-state index contributed by atoms with van der Waals surface area (Å²) in [6, 6.07) is 6.26. The fourth-order valence-electron chi connectivity index (χ4n) is 4.16. The lowest BCUT2D eigenvalue weighted by molar-refractivity contribution is 0.249. The lowest BCUT2D eigenvalue weighted by Crippen LogP contribution is -2.25. The maximum Gasteiger partial charge on any atom is 0.138 e. The van der Waals surface area contributed by atoms with Crippen LogP contribution in [0.5, 0.6) is 5.75 Å². The lowest BCUT2D eigenvalue weighted by atomic mass is 10.0. The number of ether oxygens (including phenoxy) is 1. The molecule has 34 heavy (non-hydrogen) atoms. The molecule has 0 bridgehead atoms. The molecule has 0 aromatic carbocycles. The van der Waals surface area contributed by atoms with Gasteiger partial charge in [0, 0.05) is 42.3 Å². The van der Waals surface area contributed by atoms with Crippen LogP contribution < -0.4 is 10.1 Å². The number of rotatable bonds is 12. The van der Waals surface area contributed by atoms with Gasteiger partial charge in [-0.05, 0) is 61.2 Å². The molecule has 1 unspecified atom stereocenters. The highest BCUT2D eigenvalue weighted by atomic mass is 35.5. The standard InChI is InChI=1S/C27H34ClN5O/c1-3-33(4-2)12-5-13-34-24-15-25-22(18-31-27(25)32-19-24)14-21-8-11-26(30-17-21)29-16-20-6-9-23(28)10-7-20/h6,8-11,15,17-20H,3-5,7,12-14,16H2,1-2H3,(H,29,30)(H,31,32). The van der Waals surface area contributed by atoms with Gasteiger partial charge in [-0.25, -0.2) is 9.97 Å². The van der Waals surface area contributed by atoms with Gasteiger partial charge < -0.3 is 19.9 Å². The van der Waals surface area contributed by atoms with E-state index >= 15 is 0 Å². The van der Waals surface area contributed by atoms with Gasteiger partial charge in [0.25, 0.3) is 0 Å². The summed E-state index contributed by atoms with van der Waals surface area (Å²) in [4.78, 5) is 14.8. The van der Waals surface area contributed by atoms with Crippen LogP contribution in [0.2, 0.25) is 0 Å². The molecule has 180 valence electrons. The van der Waals surface area contributed by atoms with Crippen molar-refractivity contribution in [3.8, 4) is 5.75 Å². The molecule has 0 spiro atoms. The third-order valence-corrected chi connectivity index (χ3v) is 6.56. The minimum atomic E-state index is 0.441. The molecule has 3 aromatic heterocycles. The maximum absolute atomic E-state index is 6.00. The number of hydrogen-bond donors (Lipinski definition) is 2. The first kappa shape index (κ1) is 24.3. The number of pyridine rings is 2. The van der Waals surface area contributed by atoms with Crippen molar-refractivity contribution < 1.29 is 4.74 Å². The Labute approximate surface area is 207 Å². The van der Waals surface area contributed by atoms with Gasteiger partial charge in [-0.15, -0.1) is 0 Å². The molecule has 3 aromatic rings. The van der Waals surface area contributed by atoms with Gasteiger partial charge in [0.05, 0.1) is 12.8 Å². The fraction of sp³-hybridized carbons (Fsp3) is 0.407. The van der Waals surface area contributed by atoms with Gasteiger partial charge in [-0.1, -0.05) is 43.7 Å². The molecule has 1 aliphatic carbocycles. The van der Waals surface area contributed by atoms with Crippen molar-refractivity contribution in [2.75, 3.05) is 38.1 Å². The van der Waals surface area contributed by atoms with E-state index in [0.29, 0.717) is 12.5 Å². The summed E-state index contributed by atoms with van der Waals surface area (Å²) in [5.41, 5.74) is 3.23. The molecule has 6 nitrogen and oxygen atoms in total. The number of H-pyrrole nitrogens is 1. The van der Waals surface area contributed by atoms with Crippen molar-refractivity contribution in [1.29, 1.82) is 0 Å². The highest BCUT2D eigenvalue weighted by Crippen LogP contribution is 2.24. The van der Waals surface area contributed by atoms with Gasteiger partial charge in [0.2, 0.25) is 0 Å². The van der Waals surface area contributed by atoms with E-state index in [-0.39, 0.29) is 0 Å². The van der Waals surface area contributed by atoms with Crippen LogP contribution in [0.3, 0.4) is 0 Å². The summed E-state index contributed by atoms with van der Waals surface area (Å²) >= 11 is 6.00. The molecule has 0 radical (unpaired) electrons. The molecular formula is C27H34ClN5O. The predicted octanol–water partition coefficient (Wildman–Crippen LogP) is 5.77. The van der Waals surface area contributed by atoms with E-state index in [1.165, 1.54) is 5.56 Å². The second-order valence-corrected chi connectivity index (χ2v) is 9.10. The summed E-state index contributed by atoms with van der Waals surface area (Å²) in [5.74, 6) is 2.15. The molecular weight excluding hydrogens is 446 g/mol. The van der Waals surface area contributed by atoms with Gasteiger partial charge in [0.1, 0.15) is 17.2 Å². The molecule has 0 amide bonds. The van der Waals surface area contributed by atoms with Crippen molar-refractivity contribution in [1.82, 2.24) is 19.9 Å². The first-order valence-corrected chi connectivity index (χ1v) is 12.6. The van der Waals surface area contributed by atoms with Gasteiger partial charge in [-0.3, -0.25) is 0 Å². The molecule has 3 heterocycles. The summed E-state index contributed by atoms with van der Waals surface area (Å²) < 4.78 is 5.99. The average molecular weight is 480 g/mol. The molecule has 1 aliphatic rings. The summed E-state index contributed by atoms with van der Waals surface area (Å²) in [6.07, 6.45) is 14.7. The number of fused-ring (bicyclic) bond motifs is 1. The number of aromatic amines is 1.